The molecule has 1 atom stereocenters. The average molecular weight is 261 g/mol. The Morgan fingerprint density at radius 2 is 2.23 bits per heavy atom. The van der Waals surface area contributed by atoms with Gasteiger partial charge in [-0.15, -0.1) is 0 Å². The SMILES string of the molecule is CC(C#N)c1cc(Cl)cc(Br)c1O. The van der Waals surface area contributed by atoms with Crippen molar-refractivity contribution in [3.05, 3.63) is 27.2 Å². The molecule has 1 aromatic rings. The third kappa shape index (κ3) is 2.15. The molecule has 0 radical (unpaired) electrons. The number of aromatic hydroxyl groups is 1. The van der Waals surface area contributed by atoms with Gasteiger partial charge in [0.1, 0.15) is 5.75 Å². The van der Waals surface area contributed by atoms with Gasteiger partial charge in [0.15, 0.2) is 0 Å². The number of nitrogens with zero attached hydrogens (tertiary/aromatic N) is 1. The maximum atomic E-state index is 9.57. The molecule has 1 unspecified atom stereocenters. The smallest absolute Gasteiger partial charge is 0.134 e. The first-order valence-electron chi connectivity index (χ1n) is 3.63. The Hall–Kier alpha value is -0.720. The number of hydrogen-bond acceptors (Lipinski definition) is 2. The summed E-state index contributed by atoms with van der Waals surface area (Å²) >= 11 is 8.92. The molecule has 0 aliphatic carbocycles. The molecule has 0 amide bonds. The normalized spacial score (nSPS) is 12.2. The lowest BCUT2D eigenvalue weighted by molar-refractivity contribution is 0.463. The maximum absolute atomic E-state index is 9.57. The van der Waals surface area contributed by atoms with E-state index in [0.29, 0.717) is 15.1 Å². The number of halogens is 2. The summed E-state index contributed by atoms with van der Waals surface area (Å²) in [5, 5.41) is 18.7. The summed E-state index contributed by atoms with van der Waals surface area (Å²) in [5.74, 6) is -0.284. The molecule has 0 fully saturated rings. The minimum atomic E-state index is -0.366. The van der Waals surface area contributed by atoms with Crippen molar-refractivity contribution in [2.45, 2.75) is 12.8 Å². The number of benzene rings is 1. The van der Waals surface area contributed by atoms with Crippen molar-refractivity contribution in [3.8, 4) is 11.8 Å². The van der Waals surface area contributed by atoms with Gasteiger partial charge in [0, 0.05) is 10.6 Å². The molecular formula is C9H7BrClNO. The Morgan fingerprint density at radius 3 is 2.77 bits per heavy atom. The average Bonchev–Trinajstić information content (AvgIpc) is 2.10. The van der Waals surface area contributed by atoms with E-state index in [0.717, 1.165) is 0 Å². The van der Waals surface area contributed by atoms with Gasteiger partial charge in [0.25, 0.3) is 0 Å². The Morgan fingerprint density at radius 1 is 1.62 bits per heavy atom. The van der Waals surface area contributed by atoms with Gasteiger partial charge in [0.05, 0.1) is 16.5 Å². The summed E-state index contributed by atoms with van der Waals surface area (Å²) in [5.41, 5.74) is 0.543. The van der Waals surface area contributed by atoms with Crippen molar-refractivity contribution in [3.63, 3.8) is 0 Å². The molecular weight excluding hydrogens is 253 g/mol. The largest absolute Gasteiger partial charge is 0.506 e. The lowest BCUT2D eigenvalue weighted by Gasteiger charge is -2.08. The van der Waals surface area contributed by atoms with E-state index < -0.39 is 0 Å². The number of phenols is 1. The first kappa shape index (κ1) is 10.4. The van der Waals surface area contributed by atoms with Crippen molar-refractivity contribution in [1.29, 1.82) is 5.26 Å². The second kappa shape index (κ2) is 3.99. The Kier molecular flexibility index (Phi) is 3.18. The molecule has 68 valence electrons. The minimum absolute atomic E-state index is 0.0819. The molecule has 0 saturated carbocycles. The maximum Gasteiger partial charge on any atom is 0.134 e. The third-order valence-corrected chi connectivity index (χ3v) is 2.54. The molecule has 1 aromatic carbocycles. The highest BCUT2D eigenvalue weighted by molar-refractivity contribution is 9.10. The van der Waals surface area contributed by atoms with Crippen molar-refractivity contribution in [1.82, 2.24) is 0 Å². The molecule has 0 aliphatic rings. The zero-order valence-corrected chi connectivity index (χ0v) is 9.22. The van der Waals surface area contributed by atoms with E-state index in [1.165, 1.54) is 0 Å². The fourth-order valence-corrected chi connectivity index (χ4v) is 1.82. The van der Waals surface area contributed by atoms with E-state index in [1.54, 1.807) is 19.1 Å². The van der Waals surface area contributed by atoms with E-state index in [2.05, 4.69) is 15.9 Å². The highest BCUT2D eigenvalue weighted by Gasteiger charge is 2.13. The summed E-state index contributed by atoms with van der Waals surface area (Å²) in [4.78, 5) is 0. The van der Waals surface area contributed by atoms with Crippen LogP contribution < -0.4 is 0 Å². The fourth-order valence-electron chi connectivity index (χ4n) is 0.986. The zero-order chi connectivity index (χ0) is 10.0. The quantitative estimate of drug-likeness (QED) is 0.840. The molecule has 1 rings (SSSR count). The first-order valence-corrected chi connectivity index (χ1v) is 4.81. The van der Waals surface area contributed by atoms with Crippen LogP contribution in [0.1, 0.15) is 18.4 Å². The van der Waals surface area contributed by atoms with Crippen molar-refractivity contribution in [2.24, 2.45) is 0 Å². The second-order valence-electron chi connectivity index (χ2n) is 2.68. The summed E-state index contributed by atoms with van der Waals surface area (Å²) in [7, 11) is 0. The highest BCUT2D eigenvalue weighted by atomic mass is 79.9. The molecule has 0 aromatic heterocycles. The molecule has 0 spiro atoms. The molecule has 0 aliphatic heterocycles. The zero-order valence-electron chi connectivity index (χ0n) is 6.88. The van der Waals surface area contributed by atoms with Gasteiger partial charge in [0.2, 0.25) is 0 Å². The summed E-state index contributed by atoms with van der Waals surface area (Å²) < 4.78 is 0.511. The summed E-state index contributed by atoms with van der Waals surface area (Å²) in [6, 6.07) is 5.22. The fraction of sp³-hybridized carbons (Fsp3) is 0.222. The van der Waals surface area contributed by atoms with Crippen molar-refractivity contribution < 1.29 is 5.11 Å². The monoisotopic (exact) mass is 259 g/mol. The van der Waals surface area contributed by atoms with Crippen LogP contribution in [0.5, 0.6) is 5.75 Å². The number of hydrogen-bond donors (Lipinski definition) is 1. The Balaban J connectivity index is 3.30. The molecule has 4 heteroatoms. The van der Waals surface area contributed by atoms with Gasteiger partial charge >= 0.3 is 0 Å². The molecule has 0 heterocycles. The summed E-state index contributed by atoms with van der Waals surface area (Å²) in [6.07, 6.45) is 0. The molecule has 13 heavy (non-hydrogen) atoms. The van der Waals surface area contributed by atoms with E-state index >= 15 is 0 Å². The van der Waals surface area contributed by atoms with Crippen LogP contribution in [0, 0.1) is 11.3 Å². The summed E-state index contributed by atoms with van der Waals surface area (Å²) in [6.45, 7) is 1.71. The minimum Gasteiger partial charge on any atom is -0.506 e. The van der Waals surface area contributed by atoms with Crippen LogP contribution in [0.2, 0.25) is 5.02 Å². The third-order valence-electron chi connectivity index (χ3n) is 1.72. The van der Waals surface area contributed by atoms with Crippen molar-refractivity contribution in [2.75, 3.05) is 0 Å². The van der Waals surface area contributed by atoms with Gasteiger partial charge in [-0.3, -0.25) is 0 Å². The van der Waals surface area contributed by atoms with Crippen LogP contribution in [0.25, 0.3) is 0 Å². The van der Waals surface area contributed by atoms with Crippen LogP contribution in [0.4, 0.5) is 0 Å². The van der Waals surface area contributed by atoms with E-state index in [4.69, 9.17) is 16.9 Å². The molecule has 2 nitrogen and oxygen atoms in total. The second-order valence-corrected chi connectivity index (χ2v) is 3.97. The lowest BCUT2D eigenvalue weighted by Crippen LogP contribution is -1.90. The molecule has 0 saturated heterocycles. The van der Waals surface area contributed by atoms with Gasteiger partial charge in [-0.25, -0.2) is 0 Å². The van der Waals surface area contributed by atoms with Crippen LogP contribution in [-0.4, -0.2) is 5.11 Å². The van der Waals surface area contributed by atoms with E-state index in [9.17, 15) is 5.11 Å². The Bertz CT molecular complexity index is 373. The van der Waals surface area contributed by atoms with Crippen LogP contribution >= 0.6 is 27.5 Å². The van der Waals surface area contributed by atoms with Crippen LogP contribution in [0.3, 0.4) is 0 Å². The topological polar surface area (TPSA) is 44.0 Å². The number of nitriles is 1. The standard InChI is InChI=1S/C9H7BrClNO/c1-5(4-12)7-2-6(11)3-8(10)9(7)13/h2-3,5,13H,1H3. The van der Waals surface area contributed by atoms with Crippen LogP contribution in [0.15, 0.2) is 16.6 Å². The molecule has 1 N–H and O–H groups in total. The Labute approximate surface area is 89.9 Å². The van der Waals surface area contributed by atoms with E-state index in [1.807, 2.05) is 6.07 Å². The van der Waals surface area contributed by atoms with Gasteiger partial charge in [-0.05, 0) is 35.0 Å². The predicted octanol–water partition coefficient (Wildman–Crippen LogP) is 3.44. The number of phenolic OH excluding ortho intramolecular Hbond substituents is 1. The van der Waals surface area contributed by atoms with Gasteiger partial charge < -0.3 is 5.11 Å². The number of rotatable bonds is 1. The first-order chi connectivity index (χ1) is 6.06. The van der Waals surface area contributed by atoms with E-state index in [-0.39, 0.29) is 11.7 Å². The van der Waals surface area contributed by atoms with Crippen LogP contribution in [-0.2, 0) is 0 Å². The lowest BCUT2D eigenvalue weighted by atomic mass is 10.0. The van der Waals surface area contributed by atoms with Gasteiger partial charge in [-0.2, -0.15) is 5.26 Å². The predicted molar refractivity (Wildman–Crippen MR) is 54.8 cm³/mol. The van der Waals surface area contributed by atoms with Crippen molar-refractivity contribution >= 4 is 27.5 Å². The van der Waals surface area contributed by atoms with Gasteiger partial charge in [-0.1, -0.05) is 11.6 Å². The highest BCUT2D eigenvalue weighted by Crippen LogP contribution is 2.35. The molecule has 0 bridgehead atoms.